The van der Waals surface area contributed by atoms with Crippen molar-refractivity contribution in [3.8, 4) is 0 Å². The Morgan fingerprint density at radius 3 is 3.40 bits per heavy atom. The number of fused-ring (bicyclic) bond motifs is 1. The van der Waals surface area contributed by atoms with Crippen LogP contribution < -0.4 is 10.6 Å². The summed E-state index contributed by atoms with van der Waals surface area (Å²) in [6, 6.07) is 0.457. The van der Waals surface area contributed by atoms with Crippen LogP contribution in [0.15, 0.2) is 17.3 Å². The quantitative estimate of drug-likeness (QED) is 0.487. The minimum Gasteiger partial charge on any atom is -0.371 e. The van der Waals surface area contributed by atoms with Gasteiger partial charge in [-0.3, -0.25) is 0 Å². The lowest BCUT2D eigenvalue weighted by molar-refractivity contribution is 0.555. The van der Waals surface area contributed by atoms with Gasteiger partial charge in [0.05, 0.1) is 6.04 Å². The molecule has 2 rings (SSSR count). The highest BCUT2D eigenvalue weighted by molar-refractivity contribution is 5.89. The lowest BCUT2D eigenvalue weighted by atomic mass is 10.1. The third-order valence-corrected chi connectivity index (χ3v) is 1.84. The van der Waals surface area contributed by atoms with E-state index in [0.717, 1.165) is 25.3 Å². The maximum atomic E-state index is 4.21. The molecule has 2 aliphatic rings. The van der Waals surface area contributed by atoms with Crippen molar-refractivity contribution in [2.75, 3.05) is 13.1 Å². The molecule has 2 heterocycles. The Hall–Kier alpha value is -0.830. The molecule has 2 aliphatic heterocycles. The Morgan fingerprint density at radius 1 is 1.50 bits per heavy atom. The molecule has 0 aromatic heterocycles. The summed E-state index contributed by atoms with van der Waals surface area (Å²) in [5.74, 6) is 1.11. The molecule has 1 saturated heterocycles. The molecule has 10 heavy (non-hydrogen) atoms. The molecule has 3 nitrogen and oxygen atoms in total. The Labute approximate surface area is 60.2 Å². The maximum absolute atomic E-state index is 4.21. The Bertz CT molecular complexity index is 183. The summed E-state index contributed by atoms with van der Waals surface area (Å²) in [5.41, 5.74) is 0. The lowest BCUT2D eigenvalue weighted by Crippen LogP contribution is -2.53. The molecule has 0 spiro atoms. The second kappa shape index (κ2) is 2.42. The predicted molar refractivity (Wildman–Crippen MR) is 41.0 cm³/mol. The van der Waals surface area contributed by atoms with Gasteiger partial charge in [0.1, 0.15) is 5.84 Å². The van der Waals surface area contributed by atoms with E-state index < -0.39 is 0 Å². The Morgan fingerprint density at radius 2 is 2.50 bits per heavy atom. The van der Waals surface area contributed by atoms with Crippen LogP contribution in [0, 0.1) is 0 Å². The molecule has 0 unspecified atom stereocenters. The molecule has 1 fully saturated rings. The number of nitrogens with one attached hydrogen (secondary N) is 2. The molecule has 0 radical (unpaired) electrons. The number of aliphatic imine (C=N–C) groups is 1. The van der Waals surface area contributed by atoms with E-state index >= 15 is 0 Å². The Kier molecular flexibility index (Phi) is 1.43. The summed E-state index contributed by atoms with van der Waals surface area (Å²) in [7, 11) is 0. The molecule has 3 heteroatoms. The lowest BCUT2D eigenvalue weighted by Gasteiger charge is -2.27. The molecule has 2 N–H and O–H groups in total. The van der Waals surface area contributed by atoms with E-state index in [1.165, 1.54) is 0 Å². The fraction of sp³-hybridized carbons (Fsp3) is 0.571. The van der Waals surface area contributed by atoms with Gasteiger partial charge in [-0.1, -0.05) is 6.08 Å². The standard InChI is InChI=1S/C7H11N3/c1-2-6-7(9-3-1)10-5-4-8-6/h1,3,6,8H,2,4-5H2,(H,9,10)/t6-/m0/s1. The van der Waals surface area contributed by atoms with Gasteiger partial charge in [-0.15, -0.1) is 0 Å². The van der Waals surface area contributed by atoms with E-state index in [1.807, 2.05) is 6.20 Å². The number of rotatable bonds is 0. The molecule has 0 aliphatic carbocycles. The third kappa shape index (κ3) is 0.926. The van der Waals surface area contributed by atoms with Crippen LogP contribution in [0.2, 0.25) is 0 Å². The van der Waals surface area contributed by atoms with Crippen LogP contribution in [0.4, 0.5) is 0 Å². The summed E-state index contributed by atoms with van der Waals surface area (Å²) in [5, 5.41) is 6.63. The number of piperazine rings is 1. The fourth-order valence-electron chi connectivity index (χ4n) is 1.32. The van der Waals surface area contributed by atoms with Crippen molar-refractivity contribution in [2.45, 2.75) is 12.5 Å². The maximum Gasteiger partial charge on any atom is 0.119 e. The average Bonchev–Trinajstić information content (AvgIpc) is 2.05. The van der Waals surface area contributed by atoms with E-state index in [0.29, 0.717) is 6.04 Å². The van der Waals surface area contributed by atoms with Crippen LogP contribution >= 0.6 is 0 Å². The SMILES string of the molecule is C1=CN=C2NCCN[C@H]2C1. The molecule has 0 bridgehead atoms. The molecule has 0 aromatic carbocycles. The minimum absolute atomic E-state index is 0.457. The summed E-state index contributed by atoms with van der Waals surface area (Å²) in [4.78, 5) is 4.21. The second-order valence-electron chi connectivity index (χ2n) is 2.57. The normalized spacial score (nSPS) is 30.4. The average molecular weight is 137 g/mol. The monoisotopic (exact) mass is 137 g/mol. The summed E-state index contributed by atoms with van der Waals surface area (Å²) in [6.45, 7) is 2.06. The summed E-state index contributed by atoms with van der Waals surface area (Å²) >= 11 is 0. The molecule has 1 atom stereocenters. The van der Waals surface area contributed by atoms with Crippen molar-refractivity contribution in [1.29, 1.82) is 0 Å². The zero-order chi connectivity index (χ0) is 6.81. The zero-order valence-corrected chi connectivity index (χ0v) is 5.80. The topological polar surface area (TPSA) is 36.4 Å². The van der Waals surface area contributed by atoms with Crippen molar-refractivity contribution < 1.29 is 0 Å². The van der Waals surface area contributed by atoms with E-state index in [-0.39, 0.29) is 0 Å². The van der Waals surface area contributed by atoms with Gasteiger partial charge in [0.2, 0.25) is 0 Å². The first-order chi connectivity index (χ1) is 4.97. The first kappa shape index (κ1) is 5.92. The number of hydrogen-bond donors (Lipinski definition) is 2. The van der Waals surface area contributed by atoms with E-state index in [4.69, 9.17) is 0 Å². The number of amidine groups is 1. The predicted octanol–water partition coefficient (Wildman–Crippen LogP) is -0.136. The minimum atomic E-state index is 0.457. The highest BCUT2D eigenvalue weighted by Gasteiger charge is 2.18. The van der Waals surface area contributed by atoms with Crippen LogP contribution in [-0.4, -0.2) is 25.0 Å². The van der Waals surface area contributed by atoms with Gasteiger partial charge in [0.25, 0.3) is 0 Å². The van der Waals surface area contributed by atoms with Crippen molar-refractivity contribution in [3.63, 3.8) is 0 Å². The van der Waals surface area contributed by atoms with Crippen LogP contribution in [0.3, 0.4) is 0 Å². The van der Waals surface area contributed by atoms with Crippen molar-refractivity contribution in [1.82, 2.24) is 10.6 Å². The molecular formula is C7H11N3. The highest BCUT2D eigenvalue weighted by Crippen LogP contribution is 2.04. The van der Waals surface area contributed by atoms with Gasteiger partial charge in [0.15, 0.2) is 0 Å². The van der Waals surface area contributed by atoms with Gasteiger partial charge in [-0.05, 0) is 6.42 Å². The molecule has 54 valence electrons. The van der Waals surface area contributed by atoms with Crippen molar-refractivity contribution >= 4 is 5.84 Å². The van der Waals surface area contributed by atoms with Crippen LogP contribution in [0.25, 0.3) is 0 Å². The van der Waals surface area contributed by atoms with Crippen LogP contribution in [0.5, 0.6) is 0 Å². The van der Waals surface area contributed by atoms with Gasteiger partial charge >= 0.3 is 0 Å². The van der Waals surface area contributed by atoms with Gasteiger partial charge in [0, 0.05) is 19.3 Å². The first-order valence-electron chi connectivity index (χ1n) is 3.67. The van der Waals surface area contributed by atoms with Crippen molar-refractivity contribution in [2.24, 2.45) is 4.99 Å². The molecular weight excluding hydrogens is 126 g/mol. The first-order valence-corrected chi connectivity index (χ1v) is 3.67. The van der Waals surface area contributed by atoms with Gasteiger partial charge in [-0.2, -0.15) is 0 Å². The van der Waals surface area contributed by atoms with E-state index in [1.54, 1.807) is 0 Å². The summed E-state index contributed by atoms with van der Waals surface area (Å²) in [6.07, 6.45) is 5.03. The van der Waals surface area contributed by atoms with Crippen molar-refractivity contribution in [3.05, 3.63) is 12.3 Å². The van der Waals surface area contributed by atoms with Gasteiger partial charge in [-0.25, -0.2) is 4.99 Å². The van der Waals surface area contributed by atoms with Crippen LogP contribution in [0.1, 0.15) is 6.42 Å². The van der Waals surface area contributed by atoms with Crippen LogP contribution in [-0.2, 0) is 0 Å². The summed E-state index contributed by atoms with van der Waals surface area (Å²) < 4.78 is 0. The molecule has 0 saturated carbocycles. The number of nitrogens with zero attached hydrogens (tertiary/aromatic N) is 1. The smallest absolute Gasteiger partial charge is 0.119 e. The highest BCUT2D eigenvalue weighted by atomic mass is 15.1. The van der Waals surface area contributed by atoms with Gasteiger partial charge < -0.3 is 10.6 Å². The molecule has 0 aromatic rings. The van der Waals surface area contributed by atoms with E-state index in [2.05, 4.69) is 21.7 Å². The number of hydrogen-bond acceptors (Lipinski definition) is 3. The largest absolute Gasteiger partial charge is 0.371 e. The fourth-order valence-corrected chi connectivity index (χ4v) is 1.32. The zero-order valence-electron chi connectivity index (χ0n) is 5.80. The third-order valence-electron chi connectivity index (χ3n) is 1.84. The Balaban J connectivity index is 2.14. The van der Waals surface area contributed by atoms with E-state index in [9.17, 15) is 0 Å². The molecule has 0 amide bonds. The second-order valence-corrected chi connectivity index (χ2v) is 2.57.